The summed E-state index contributed by atoms with van der Waals surface area (Å²) < 4.78 is 0. The third kappa shape index (κ3) is 2.14. The number of rotatable bonds is 2. The maximum atomic E-state index is 4.60. The third-order valence-electron chi connectivity index (χ3n) is 3.24. The van der Waals surface area contributed by atoms with Crippen molar-refractivity contribution in [2.45, 2.75) is 18.9 Å². The van der Waals surface area contributed by atoms with Crippen LogP contribution in [0, 0.1) is 0 Å². The van der Waals surface area contributed by atoms with Gasteiger partial charge in [-0.2, -0.15) is 0 Å². The van der Waals surface area contributed by atoms with Gasteiger partial charge >= 0.3 is 0 Å². The van der Waals surface area contributed by atoms with Gasteiger partial charge in [-0.15, -0.1) is 0 Å². The molecule has 0 aromatic heterocycles. The van der Waals surface area contributed by atoms with Crippen molar-refractivity contribution < 1.29 is 0 Å². The zero-order valence-corrected chi connectivity index (χ0v) is 9.71. The average Bonchev–Trinajstić information content (AvgIpc) is 2.90. The number of benzene rings is 1. The van der Waals surface area contributed by atoms with E-state index in [4.69, 9.17) is 0 Å². The van der Waals surface area contributed by atoms with Crippen molar-refractivity contribution in [3.63, 3.8) is 0 Å². The highest BCUT2D eigenvalue weighted by Gasteiger charge is 2.16. The van der Waals surface area contributed by atoms with Crippen LogP contribution in [0.3, 0.4) is 0 Å². The van der Waals surface area contributed by atoms with Gasteiger partial charge in [-0.1, -0.05) is 48.6 Å². The van der Waals surface area contributed by atoms with E-state index in [1.54, 1.807) is 0 Å². The number of allylic oxidation sites excluding steroid dienone is 4. The summed E-state index contributed by atoms with van der Waals surface area (Å²) in [6.45, 7) is 0. The van der Waals surface area contributed by atoms with Gasteiger partial charge in [-0.05, 0) is 35.6 Å². The molecule has 3 rings (SSSR count). The Morgan fingerprint density at radius 3 is 2.76 bits per heavy atom. The van der Waals surface area contributed by atoms with Gasteiger partial charge < -0.3 is 0 Å². The Balaban J connectivity index is 1.85. The maximum absolute atomic E-state index is 4.60. The van der Waals surface area contributed by atoms with Crippen LogP contribution in [0.15, 0.2) is 65.2 Å². The molecule has 0 radical (unpaired) electrons. The van der Waals surface area contributed by atoms with E-state index in [0.717, 1.165) is 12.8 Å². The quantitative estimate of drug-likeness (QED) is 0.720. The minimum atomic E-state index is 0.259. The zero-order chi connectivity index (χ0) is 11.5. The van der Waals surface area contributed by atoms with E-state index in [1.807, 2.05) is 12.3 Å². The first-order chi connectivity index (χ1) is 8.43. The summed E-state index contributed by atoms with van der Waals surface area (Å²) in [5, 5.41) is 0. The number of nitrogens with zero attached hydrogens (tertiary/aromatic N) is 1. The molecule has 1 aliphatic carbocycles. The van der Waals surface area contributed by atoms with Gasteiger partial charge in [0.2, 0.25) is 0 Å². The lowest BCUT2D eigenvalue weighted by Crippen LogP contribution is -2.03. The minimum absolute atomic E-state index is 0.259. The largest absolute Gasteiger partial charge is 0.281 e. The fourth-order valence-corrected chi connectivity index (χ4v) is 2.29. The fourth-order valence-electron chi connectivity index (χ4n) is 2.29. The Morgan fingerprint density at radius 1 is 1.12 bits per heavy atom. The number of hydrogen-bond acceptors (Lipinski definition) is 1. The molecular weight excluding hydrogens is 206 g/mol. The molecule has 17 heavy (non-hydrogen) atoms. The predicted molar refractivity (Wildman–Crippen MR) is 73.2 cm³/mol. The molecule has 0 saturated heterocycles. The molecule has 1 aliphatic heterocycles. The van der Waals surface area contributed by atoms with Crippen molar-refractivity contribution in [3.8, 4) is 0 Å². The third-order valence-corrected chi connectivity index (χ3v) is 3.24. The van der Waals surface area contributed by atoms with E-state index in [-0.39, 0.29) is 6.04 Å². The van der Waals surface area contributed by atoms with Crippen LogP contribution in [0.2, 0.25) is 0 Å². The summed E-state index contributed by atoms with van der Waals surface area (Å²) in [7, 11) is 0. The van der Waals surface area contributed by atoms with E-state index >= 15 is 0 Å². The van der Waals surface area contributed by atoms with Gasteiger partial charge in [0.15, 0.2) is 0 Å². The van der Waals surface area contributed by atoms with Gasteiger partial charge in [0.1, 0.15) is 0 Å². The smallest absolute Gasteiger partial charge is 0.0903 e. The molecule has 0 N–H and O–H groups in total. The lowest BCUT2D eigenvalue weighted by Gasteiger charge is -2.11. The van der Waals surface area contributed by atoms with E-state index in [0.29, 0.717) is 0 Å². The summed E-state index contributed by atoms with van der Waals surface area (Å²) in [4.78, 5) is 4.60. The maximum Gasteiger partial charge on any atom is 0.0903 e. The van der Waals surface area contributed by atoms with E-state index in [1.165, 1.54) is 16.7 Å². The van der Waals surface area contributed by atoms with Crippen LogP contribution in [0.1, 0.15) is 18.4 Å². The molecule has 0 fully saturated rings. The summed E-state index contributed by atoms with van der Waals surface area (Å²) in [6, 6.07) is 10.7. The van der Waals surface area contributed by atoms with Crippen LogP contribution in [-0.2, 0) is 0 Å². The highest BCUT2D eigenvalue weighted by atomic mass is 14.8. The first-order valence-corrected chi connectivity index (χ1v) is 6.09. The Kier molecular flexibility index (Phi) is 2.74. The van der Waals surface area contributed by atoms with Crippen LogP contribution in [-0.4, -0.2) is 12.3 Å². The lowest BCUT2D eigenvalue weighted by atomic mass is 9.97. The lowest BCUT2D eigenvalue weighted by molar-refractivity contribution is 0.845. The van der Waals surface area contributed by atoms with Gasteiger partial charge in [0.05, 0.1) is 6.04 Å². The molecule has 1 aromatic rings. The van der Waals surface area contributed by atoms with Crippen LogP contribution >= 0.6 is 0 Å². The molecule has 1 aromatic carbocycles. The summed E-state index contributed by atoms with van der Waals surface area (Å²) in [5.74, 6) is 0. The van der Waals surface area contributed by atoms with Crippen molar-refractivity contribution in [1.82, 2.24) is 0 Å². The Morgan fingerprint density at radius 2 is 2.00 bits per heavy atom. The van der Waals surface area contributed by atoms with Gasteiger partial charge in [0.25, 0.3) is 0 Å². The van der Waals surface area contributed by atoms with Crippen molar-refractivity contribution in [3.05, 3.63) is 65.8 Å². The topological polar surface area (TPSA) is 12.4 Å². The summed E-state index contributed by atoms with van der Waals surface area (Å²) in [6.07, 6.45) is 13.1. The Labute approximate surface area is 102 Å². The van der Waals surface area contributed by atoms with Crippen molar-refractivity contribution in [1.29, 1.82) is 0 Å². The first-order valence-electron chi connectivity index (χ1n) is 6.09. The number of hydrogen-bond donors (Lipinski definition) is 0. The van der Waals surface area contributed by atoms with Crippen LogP contribution in [0.25, 0.3) is 5.57 Å². The van der Waals surface area contributed by atoms with Gasteiger partial charge in [0, 0.05) is 6.21 Å². The van der Waals surface area contributed by atoms with Gasteiger partial charge in [-0.25, -0.2) is 0 Å². The Hall–Kier alpha value is -1.89. The average molecular weight is 221 g/mol. The SMILES string of the molecule is C1=CCCC(C2C=C(c3ccccc3)C=N2)=C1. The normalized spacial score (nSPS) is 22.5. The first kappa shape index (κ1) is 10.3. The molecular formula is C16H15N. The van der Waals surface area contributed by atoms with Crippen LogP contribution in [0.4, 0.5) is 0 Å². The van der Waals surface area contributed by atoms with Gasteiger partial charge in [-0.3, -0.25) is 4.99 Å². The molecule has 1 nitrogen and oxygen atoms in total. The molecule has 0 amide bonds. The summed E-state index contributed by atoms with van der Waals surface area (Å²) >= 11 is 0. The second kappa shape index (κ2) is 4.54. The highest BCUT2D eigenvalue weighted by Crippen LogP contribution is 2.26. The molecule has 2 aliphatic rings. The monoisotopic (exact) mass is 221 g/mol. The second-order valence-corrected chi connectivity index (χ2v) is 4.42. The molecule has 84 valence electrons. The number of aliphatic imine (C=N–C) groups is 1. The molecule has 1 unspecified atom stereocenters. The Bertz CT molecular complexity index is 518. The predicted octanol–water partition coefficient (Wildman–Crippen LogP) is 3.80. The molecule has 0 bridgehead atoms. The van der Waals surface area contributed by atoms with Crippen LogP contribution in [0.5, 0.6) is 0 Å². The zero-order valence-electron chi connectivity index (χ0n) is 9.71. The van der Waals surface area contributed by atoms with E-state index in [9.17, 15) is 0 Å². The van der Waals surface area contributed by atoms with Crippen LogP contribution < -0.4 is 0 Å². The standard InChI is InChI=1S/C16H15N/c1-3-7-13(8-4-1)15-11-16(17-12-15)14-9-5-2-6-10-14/h1-5,7-9,11-12,16H,6,10H2. The highest BCUT2D eigenvalue weighted by molar-refractivity contribution is 6.12. The van der Waals surface area contributed by atoms with Crippen molar-refractivity contribution in [2.24, 2.45) is 4.99 Å². The van der Waals surface area contributed by atoms with Crippen molar-refractivity contribution in [2.75, 3.05) is 0 Å². The molecule has 1 heteroatoms. The molecule has 1 heterocycles. The molecule has 0 spiro atoms. The van der Waals surface area contributed by atoms with Crippen molar-refractivity contribution >= 4 is 11.8 Å². The molecule has 0 saturated carbocycles. The summed E-state index contributed by atoms with van der Waals surface area (Å²) in [5.41, 5.74) is 3.92. The van der Waals surface area contributed by atoms with E-state index < -0.39 is 0 Å². The minimum Gasteiger partial charge on any atom is -0.281 e. The van der Waals surface area contributed by atoms with E-state index in [2.05, 4.69) is 53.6 Å². The second-order valence-electron chi connectivity index (χ2n) is 4.42. The fraction of sp³-hybridized carbons (Fsp3) is 0.188. The molecule has 1 atom stereocenters.